The van der Waals surface area contributed by atoms with Crippen LogP contribution in [0.25, 0.3) is 0 Å². The molecular weight excluding hydrogens is 251 g/mol. The molecule has 1 aromatic rings. The van der Waals surface area contributed by atoms with Crippen LogP contribution in [0.5, 0.6) is 0 Å². The SMILES string of the molecule is [SnH][CH2]CCCCc1ccccc1. The molecule has 0 aliphatic carbocycles. The maximum absolute atomic E-state index is 2.22. The van der Waals surface area contributed by atoms with Gasteiger partial charge in [-0.1, -0.05) is 0 Å². The molecule has 0 saturated heterocycles. The monoisotopic (exact) mass is 268 g/mol. The topological polar surface area (TPSA) is 0 Å². The van der Waals surface area contributed by atoms with Gasteiger partial charge < -0.3 is 0 Å². The molecule has 2 radical (unpaired) electrons. The predicted octanol–water partition coefficient (Wildman–Crippen LogP) is 2.72. The van der Waals surface area contributed by atoms with Gasteiger partial charge in [0.05, 0.1) is 0 Å². The molecule has 1 rings (SSSR count). The zero-order valence-corrected chi connectivity index (χ0v) is 10.8. The second-order valence-electron chi connectivity index (χ2n) is 3.08. The normalized spacial score (nSPS) is 10.1. The maximum atomic E-state index is 2.22. The number of hydrogen-bond donors (Lipinski definition) is 0. The molecule has 0 unspecified atom stereocenters. The molecule has 0 fully saturated rings. The third-order valence-corrected chi connectivity index (χ3v) is 3.18. The molecule has 0 bridgehead atoms. The molecule has 0 spiro atoms. The minimum atomic E-state index is 1.27. The molecule has 64 valence electrons. The summed E-state index contributed by atoms with van der Waals surface area (Å²) in [5.41, 5.74) is 1.49. The fourth-order valence-corrected chi connectivity index (χ4v) is 2.12. The average molecular weight is 267 g/mol. The average Bonchev–Trinajstić information content (AvgIpc) is 2.14. The van der Waals surface area contributed by atoms with Crippen molar-refractivity contribution < 1.29 is 0 Å². The second kappa shape index (κ2) is 6.53. The molecule has 0 nitrogen and oxygen atoms in total. The van der Waals surface area contributed by atoms with Gasteiger partial charge in [0.2, 0.25) is 0 Å². The molecule has 0 aliphatic heterocycles. The Morgan fingerprint density at radius 1 is 0.917 bits per heavy atom. The number of hydrogen-bond acceptors (Lipinski definition) is 0. The van der Waals surface area contributed by atoms with E-state index in [0.717, 1.165) is 0 Å². The van der Waals surface area contributed by atoms with Gasteiger partial charge in [0.1, 0.15) is 0 Å². The summed E-state index contributed by atoms with van der Waals surface area (Å²) < 4.78 is 1.46. The first-order chi connectivity index (χ1) is 5.93. The van der Waals surface area contributed by atoms with E-state index in [2.05, 4.69) is 30.3 Å². The van der Waals surface area contributed by atoms with Crippen molar-refractivity contribution in [2.24, 2.45) is 0 Å². The van der Waals surface area contributed by atoms with Crippen LogP contribution in [0.4, 0.5) is 0 Å². The van der Waals surface area contributed by atoms with Crippen LogP contribution in [0.2, 0.25) is 4.44 Å². The van der Waals surface area contributed by atoms with Crippen LogP contribution in [-0.2, 0) is 6.42 Å². The molecule has 0 aromatic heterocycles. The molecular formula is C11H16Sn. The van der Waals surface area contributed by atoms with E-state index in [4.69, 9.17) is 0 Å². The third kappa shape index (κ3) is 4.15. The predicted molar refractivity (Wildman–Crippen MR) is 56.0 cm³/mol. The summed E-state index contributed by atoms with van der Waals surface area (Å²) in [6.07, 6.45) is 5.48. The first kappa shape index (κ1) is 10.1. The Balaban J connectivity index is 2.16. The van der Waals surface area contributed by atoms with Gasteiger partial charge in [0.15, 0.2) is 0 Å². The van der Waals surface area contributed by atoms with Crippen LogP contribution in [0, 0.1) is 0 Å². The van der Waals surface area contributed by atoms with Gasteiger partial charge in [-0.3, -0.25) is 0 Å². The van der Waals surface area contributed by atoms with E-state index in [1.165, 1.54) is 58.2 Å². The van der Waals surface area contributed by atoms with Gasteiger partial charge in [-0.05, 0) is 0 Å². The Bertz CT molecular complexity index is 193. The summed E-state index contributed by atoms with van der Waals surface area (Å²) in [5.74, 6) is 0. The quantitative estimate of drug-likeness (QED) is 0.568. The van der Waals surface area contributed by atoms with E-state index in [0.29, 0.717) is 0 Å². The Labute approximate surface area is 88.5 Å². The van der Waals surface area contributed by atoms with Gasteiger partial charge >= 0.3 is 88.5 Å². The van der Waals surface area contributed by atoms with Gasteiger partial charge in [-0.25, -0.2) is 0 Å². The summed E-state index contributed by atoms with van der Waals surface area (Å²) in [5, 5.41) is 0. The minimum absolute atomic E-state index is 1.27. The van der Waals surface area contributed by atoms with Crippen molar-refractivity contribution in [3.05, 3.63) is 35.9 Å². The number of rotatable bonds is 5. The molecule has 0 aliphatic rings. The number of unbranched alkanes of at least 4 members (excludes halogenated alkanes) is 2. The summed E-state index contributed by atoms with van der Waals surface area (Å²) in [4.78, 5) is 0. The number of benzene rings is 1. The Hall–Kier alpha value is 0.0187. The van der Waals surface area contributed by atoms with Crippen molar-refractivity contribution in [2.45, 2.75) is 30.1 Å². The van der Waals surface area contributed by atoms with E-state index < -0.39 is 0 Å². The molecule has 0 N–H and O–H groups in total. The Kier molecular flexibility index (Phi) is 5.49. The summed E-state index contributed by atoms with van der Waals surface area (Å²) >= 11 is 1.43. The van der Waals surface area contributed by atoms with E-state index in [9.17, 15) is 0 Å². The summed E-state index contributed by atoms with van der Waals surface area (Å²) in [6, 6.07) is 10.8. The summed E-state index contributed by atoms with van der Waals surface area (Å²) in [7, 11) is 0. The fraction of sp³-hybridized carbons (Fsp3) is 0.455. The Morgan fingerprint density at radius 2 is 1.67 bits per heavy atom. The van der Waals surface area contributed by atoms with Crippen LogP contribution in [0.1, 0.15) is 24.8 Å². The zero-order valence-electron chi connectivity index (χ0n) is 7.50. The number of aryl methyl sites for hydroxylation is 1. The van der Waals surface area contributed by atoms with Gasteiger partial charge in [-0.15, -0.1) is 0 Å². The van der Waals surface area contributed by atoms with E-state index in [1.54, 1.807) is 0 Å². The molecule has 0 amide bonds. The van der Waals surface area contributed by atoms with Crippen LogP contribution in [0.3, 0.4) is 0 Å². The van der Waals surface area contributed by atoms with Crippen LogP contribution in [0.15, 0.2) is 30.3 Å². The second-order valence-corrected chi connectivity index (χ2v) is 4.73. The Morgan fingerprint density at radius 3 is 2.33 bits per heavy atom. The van der Waals surface area contributed by atoms with Crippen molar-refractivity contribution >= 4 is 22.5 Å². The van der Waals surface area contributed by atoms with Crippen LogP contribution in [-0.4, -0.2) is 22.5 Å². The van der Waals surface area contributed by atoms with Crippen LogP contribution < -0.4 is 0 Å². The summed E-state index contributed by atoms with van der Waals surface area (Å²) in [6.45, 7) is 0. The fourth-order valence-electron chi connectivity index (χ4n) is 1.29. The van der Waals surface area contributed by atoms with Crippen molar-refractivity contribution in [1.29, 1.82) is 0 Å². The van der Waals surface area contributed by atoms with Crippen molar-refractivity contribution in [1.82, 2.24) is 0 Å². The molecule has 1 aromatic carbocycles. The van der Waals surface area contributed by atoms with Gasteiger partial charge in [0.25, 0.3) is 0 Å². The van der Waals surface area contributed by atoms with Crippen molar-refractivity contribution in [3.8, 4) is 0 Å². The molecule has 0 heterocycles. The van der Waals surface area contributed by atoms with Gasteiger partial charge in [-0.2, -0.15) is 0 Å². The zero-order chi connectivity index (χ0) is 8.65. The molecule has 1 heteroatoms. The van der Waals surface area contributed by atoms with E-state index >= 15 is 0 Å². The van der Waals surface area contributed by atoms with E-state index in [-0.39, 0.29) is 0 Å². The van der Waals surface area contributed by atoms with Gasteiger partial charge in [0, 0.05) is 0 Å². The van der Waals surface area contributed by atoms with Crippen LogP contribution >= 0.6 is 0 Å². The van der Waals surface area contributed by atoms with Crippen molar-refractivity contribution in [3.63, 3.8) is 0 Å². The van der Waals surface area contributed by atoms with Crippen molar-refractivity contribution in [2.75, 3.05) is 0 Å². The molecule has 0 saturated carbocycles. The van der Waals surface area contributed by atoms with E-state index in [1.807, 2.05) is 0 Å². The first-order valence-electron chi connectivity index (χ1n) is 4.67. The molecule has 12 heavy (non-hydrogen) atoms. The first-order valence-corrected chi connectivity index (χ1v) is 7.00. The molecule has 0 atom stereocenters. The standard InChI is InChI=1S/C11H15.Sn.H/c1-2-3-5-8-11-9-6-4-7-10-11;;/h4,6-7,9-10H,1-3,5,8H2;;. The third-order valence-electron chi connectivity index (χ3n) is 2.01.